The number of likely N-dealkylation sites (tertiary alicyclic amines) is 1. The molecule has 0 radical (unpaired) electrons. The van der Waals surface area contributed by atoms with Crippen LogP contribution in [-0.2, 0) is 9.53 Å². The second-order valence-electron chi connectivity index (χ2n) is 5.94. The number of hydrogen-bond donors (Lipinski definition) is 1. The van der Waals surface area contributed by atoms with Crippen molar-refractivity contribution in [1.82, 2.24) is 10.2 Å². The molecule has 2 saturated heterocycles. The van der Waals surface area contributed by atoms with Gasteiger partial charge in [0.1, 0.15) is 6.10 Å². The summed E-state index contributed by atoms with van der Waals surface area (Å²) in [7, 11) is 0. The Morgan fingerprint density at radius 2 is 2.00 bits per heavy atom. The molecule has 4 heteroatoms. The molecule has 4 nitrogen and oxygen atoms in total. The Labute approximate surface area is 109 Å². The number of amides is 1. The van der Waals surface area contributed by atoms with Crippen LogP contribution in [0.4, 0.5) is 0 Å². The molecule has 2 heterocycles. The SMILES string of the molecule is O=C(C1CNCCO1)N1CCC2CCCCC2C1. The highest BCUT2D eigenvalue weighted by atomic mass is 16.5. The molecule has 0 bridgehead atoms. The molecule has 0 aromatic rings. The van der Waals surface area contributed by atoms with E-state index in [0.717, 1.165) is 31.5 Å². The van der Waals surface area contributed by atoms with Crippen LogP contribution in [0.15, 0.2) is 0 Å². The summed E-state index contributed by atoms with van der Waals surface area (Å²) in [5.41, 5.74) is 0. The summed E-state index contributed by atoms with van der Waals surface area (Å²) >= 11 is 0. The number of hydrogen-bond acceptors (Lipinski definition) is 3. The molecule has 0 aromatic carbocycles. The van der Waals surface area contributed by atoms with E-state index in [2.05, 4.69) is 10.2 Å². The molecule has 1 aliphatic carbocycles. The van der Waals surface area contributed by atoms with Crippen LogP contribution < -0.4 is 5.32 Å². The van der Waals surface area contributed by atoms with Crippen LogP contribution in [0.5, 0.6) is 0 Å². The number of carbonyl (C=O) groups excluding carboxylic acids is 1. The lowest BCUT2D eigenvalue weighted by Gasteiger charge is -2.42. The first kappa shape index (κ1) is 12.4. The lowest BCUT2D eigenvalue weighted by molar-refractivity contribution is -0.148. The maximum Gasteiger partial charge on any atom is 0.253 e. The van der Waals surface area contributed by atoms with Crippen LogP contribution in [0.25, 0.3) is 0 Å². The second-order valence-corrected chi connectivity index (χ2v) is 5.94. The van der Waals surface area contributed by atoms with Gasteiger partial charge in [-0.05, 0) is 24.7 Å². The number of nitrogens with one attached hydrogen (secondary N) is 1. The third kappa shape index (κ3) is 2.54. The van der Waals surface area contributed by atoms with Crippen molar-refractivity contribution in [2.45, 2.75) is 38.2 Å². The minimum atomic E-state index is -0.237. The minimum Gasteiger partial charge on any atom is -0.366 e. The average molecular weight is 252 g/mol. The molecule has 0 aromatic heterocycles. The van der Waals surface area contributed by atoms with Gasteiger partial charge in [0, 0.05) is 26.2 Å². The molecule has 1 amide bonds. The Hall–Kier alpha value is -0.610. The lowest BCUT2D eigenvalue weighted by Crippen LogP contribution is -2.53. The van der Waals surface area contributed by atoms with E-state index in [1.165, 1.54) is 32.1 Å². The zero-order valence-corrected chi connectivity index (χ0v) is 11.1. The van der Waals surface area contributed by atoms with Gasteiger partial charge in [0.2, 0.25) is 0 Å². The summed E-state index contributed by atoms with van der Waals surface area (Å²) in [6.07, 6.45) is 6.41. The molecule has 3 fully saturated rings. The maximum atomic E-state index is 12.4. The number of ether oxygens (including phenoxy) is 1. The van der Waals surface area contributed by atoms with E-state index in [1.54, 1.807) is 0 Å². The highest BCUT2D eigenvalue weighted by molar-refractivity contribution is 5.81. The zero-order chi connectivity index (χ0) is 12.4. The summed E-state index contributed by atoms with van der Waals surface area (Å²) in [5, 5.41) is 3.24. The fourth-order valence-corrected chi connectivity index (χ4v) is 3.73. The molecule has 3 atom stereocenters. The van der Waals surface area contributed by atoms with E-state index in [1.807, 2.05) is 0 Å². The summed E-state index contributed by atoms with van der Waals surface area (Å²) < 4.78 is 5.58. The van der Waals surface area contributed by atoms with E-state index < -0.39 is 0 Å². The van der Waals surface area contributed by atoms with Crippen molar-refractivity contribution < 1.29 is 9.53 Å². The third-order valence-corrected chi connectivity index (χ3v) is 4.81. The van der Waals surface area contributed by atoms with Gasteiger partial charge in [-0.2, -0.15) is 0 Å². The summed E-state index contributed by atoms with van der Waals surface area (Å²) in [6.45, 7) is 4.14. The number of nitrogens with zero attached hydrogens (tertiary/aromatic N) is 1. The monoisotopic (exact) mass is 252 g/mol. The van der Waals surface area contributed by atoms with E-state index in [4.69, 9.17) is 4.74 Å². The molecular formula is C14H24N2O2. The van der Waals surface area contributed by atoms with Crippen molar-refractivity contribution >= 4 is 5.91 Å². The van der Waals surface area contributed by atoms with Gasteiger partial charge in [0.05, 0.1) is 6.61 Å². The van der Waals surface area contributed by atoms with Crippen LogP contribution in [0.3, 0.4) is 0 Å². The normalized spacial score (nSPS) is 37.1. The largest absolute Gasteiger partial charge is 0.366 e. The molecule has 3 unspecified atom stereocenters. The van der Waals surface area contributed by atoms with Crippen molar-refractivity contribution in [1.29, 1.82) is 0 Å². The molecule has 0 spiro atoms. The quantitative estimate of drug-likeness (QED) is 0.757. The summed E-state index contributed by atoms with van der Waals surface area (Å²) in [5.74, 6) is 1.85. The molecule has 3 aliphatic rings. The van der Waals surface area contributed by atoms with E-state index >= 15 is 0 Å². The van der Waals surface area contributed by atoms with Crippen LogP contribution in [0.1, 0.15) is 32.1 Å². The Kier molecular flexibility index (Phi) is 3.85. The Balaban J connectivity index is 1.57. The minimum absolute atomic E-state index is 0.214. The molecule has 102 valence electrons. The number of carbonyl (C=O) groups is 1. The van der Waals surface area contributed by atoms with Crippen LogP contribution in [-0.4, -0.2) is 49.7 Å². The van der Waals surface area contributed by atoms with Crippen molar-refractivity contribution in [3.8, 4) is 0 Å². The number of rotatable bonds is 1. The van der Waals surface area contributed by atoms with Crippen molar-refractivity contribution in [3.05, 3.63) is 0 Å². The van der Waals surface area contributed by atoms with Gasteiger partial charge >= 0.3 is 0 Å². The van der Waals surface area contributed by atoms with Crippen LogP contribution >= 0.6 is 0 Å². The highest BCUT2D eigenvalue weighted by Gasteiger charge is 2.35. The number of piperidine rings is 1. The van der Waals surface area contributed by atoms with Crippen LogP contribution in [0.2, 0.25) is 0 Å². The number of fused-ring (bicyclic) bond motifs is 1. The number of morpholine rings is 1. The molecule has 18 heavy (non-hydrogen) atoms. The first-order chi connectivity index (χ1) is 8.84. The van der Waals surface area contributed by atoms with Gasteiger partial charge < -0.3 is 15.0 Å². The van der Waals surface area contributed by atoms with E-state index in [-0.39, 0.29) is 12.0 Å². The van der Waals surface area contributed by atoms with Crippen molar-refractivity contribution in [2.75, 3.05) is 32.8 Å². The predicted molar refractivity (Wildman–Crippen MR) is 69.3 cm³/mol. The van der Waals surface area contributed by atoms with Gasteiger partial charge in [0.15, 0.2) is 0 Å². The molecule has 1 saturated carbocycles. The van der Waals surface area contributed by atoms with Gasteiger partial charge in [-0.15, -0.1) is 0 Å². The van der Waals surface area contributed by atoms with Crippen molar-refractivity contribution in [3.63, 3.8) is 0 Å². The summed E-state index contributed by atoms with van der Waals surface area (Å²) in [4.78, 5) is 14.4. The van der Waals surface area contributed by atoms with E-state index in [9.17, 15) is 4.79 Å². The Morgan fingerprint density at radius 1 is 1.17 bits per heavy atom. The Morgan fingerprint density at radius 3 is 2.78 bits per heavy atom. The fraction of sp³-hybridized carbons (Fsp3) is 0.929. The molecular weight excluding hydrogens is 228 g/mol. The highest BCUT2D eigenvalue weighted by Crippen LogP contribution is 2.36. The van der Waals surface area contributed by atoms with E-state index in [0.29, 0.717) is 13.2 Å². The van der Waals surface area contributed by atoms with Gasteiger partial charge in [-0.1, -0.05) is 19.3 Å². The first-order valence-electron chi connectivity index (χ1n) is 7.45. The Bertz CT molecular complexity index is 302. The maximum absolute atomic E-state index is 12.4. The molecule has 1 N–H and O–H groups in total. The standard InChI is InChI=1S/C14H24N2O2/c17-14(13-9-15-6-8-18-13)16-7-5-11-3-1-2-4-12(11)10-16/h11-13,15H,1-10H2. The van der Waals surface area contributed by atoms with Crippen molar-refractivity contribution in [2.24, 2.45) is 11.8 Å². The molecule has 2 aliphatic heterocycles. The van der Waals surface area contributed by atoms with Gasteiger partial charge in [0.25, 0.3) is 5.91 Å². The zero-order valence-electron chi connectivity index (χ0n) is 11.1. The van der Waals surface area contributed by atoms with Gasteiger partial charge in [-0.3, -0.25) is 4.79 Å². The predicted octanol–water partition coefficient (Wildman–Crippen LogP) is 1.01. The van der Waals surface area contributed by atoms with Gasteiger partial charge in [-0.25, -0.2) is 0 Å². The average Bonchev–Trinajstić information content (AvgIpc) is 2.47. The lowest BCUT2D eigenvalue weighted by atomic mass is 9.75. The third-order valence-electron chi connectivity index (χ3n) is 4.81. The topological polar surface area (TPSA) is 41.6 Å². The first-order valence-corrected chi connectivity index (χ1v) is 7.45. The molecule has 3 rings (SSSR count). The van der Waals surface area contributed by atoms with Crippen LogP contribution in [0, 0.1) is 11.8 Å². The fourth-order valence-electron chi connectivity index (χ4n) is 3.73. The smallest absolute Gasteiger partial charge is 0.253 e. The second kappa shape index (κ2) is 5.57. The summed E-state index contributed by atoms with van der Waals surface area (Å²) in [6, 6.07) is 0.